The largest absolute Gasteiger partial charge is 0.478 e. The zero-order valence-electron chi connectivity index (χ0n) is 8.16. The summed E-state index contributed by atoms with van der Waals surface area (Å²) in [5, 5.41) is 12.1. The van der Waals surface area contributed by atoms with Gasteiger partial charge in [0.1, 0.15) is 12.9 Å². The second-order valence-electron chi connectivity index (χ2n) is 2.63. The van der Waals surface area contributed by atoms with Gasteiger partial charge in [0.05, 0.1) is 6.21 Å². The molecule has 0 aromatic heterocycles. The van der Waals surface area contributed by atoms with E-state index in [9.17, 15) is 4.79 Å². The van der Waals surface area contributed by atoms with Crippen LogP contribution in [0, 0.1) is 0 Å². The molecule has 5 nitrogen and oxygen atoms in total. The lowest BCUT2D eigenvalue weighted by atomic mass is 10.3. The Labute approximate surface area is 86.9 Å². The highest BCUT2D eigenvalue weighted by Gasteiger charge is 2.16. The maximum absolute atomic E-state index is 10.7. The minimum atomic E-state index is -1.15. The van der Waals surface area contributed by atoms with Crippen molar-refractivity contribution in [3.05, 3.63) is 30.3 Å². The van der Waals surface area contributed by atoms with Crippen molar-refractivity contribution >= 4 is 12.2 Å². The Morgan fingerprint density at radius 3 is 2.67 bits per heavy atom. The smallest absolute Gasteiger partial charge is 0.350 e. The molecular formula is C10H11NO4. The number of benzene rings is 1. The second-order valence-corrected chi connectivity index (χ2v) is 2.63. The van der Waals surface area contributed by atoms with Gasteiger partial charge >= 0.3 is 5.97 Å². The molecule has 0 fully saturated rings. The van der Waals surface area contributed by atoms with Crippen molar-refractivity contribution in [3.8, 4) is 5.75 Å². The number of rotatable bonds is 5. The number of carbonyl (C=O) groups is 1. The zero-order valence-corrected chi connectivity index (χ0v) is 8.16. The second kappa shape index (κ2) is 5.64. The number of carboxylic acids is 1. The van der Waals surface area contributed by atoms with E-state index in [-0.39, 0.29) is 0 Å². The summed E-state index contributed by atoms with van der Waals surface area (Å²) in [6.45, 7) is 0. The van der Waals surface area contributed by atoms with Crippen LogP contribution in [0.2, 0.25) is 0 Å². The molecule has 1 aromatic rings. The summed E-state index contributed by atoms with van der Waals surface area (Å²) in [7, 11) is 1.33. The van der Waals surface area contributed by atoms with Crippen molar-refractivity contribution in [3.63, 3.8) is 0 Å². The average Bonchev–Trinajstić information content (AvgIpc) is 2.25. The van der Waals surface area contributed by atoms with E-state index in [4.69, 9.17) is 9.84 Å². The summed E-state index contributed by atoms with van der Waals surface area (Å²) in [6, 6.07) is 8.64. The first-order chi connectivity index (χ1) is 7.24. The molecule has 0 saturated carbocycles. The molecule has 0 spiro atoms. The van der Waals surface area contributed by atoms with Crippen LogP contribution in [0.4, 0.5) is 0 Å². The Morgan fingerprint density at radius 1 is 1.47 bits per heavy atom. The molecule has 0 aliphatic carbocycles. The van der Waals surface area contributed by atoms with Crippen molar-refractivity contribution in [2.24, 2.45) is 5.16 Å². The van der Waals surface area contributed by atoms with Crippen LogP contribution in [0.1, 0.15) is 0 Å². The molecule has 15 heavy (non-hydrogen) atoms. The van der Waals surface area contributed by atoms with E-state index < -0.39 is 12.1 Å². The highest BCUT2D eigenvalue weighted by Crippen LogP contribution is 2.10. The molecule has 0 aliphatic rings. The average molecular weight is 209 g/mol. The first-order valence-corrected chi connectivity index (χ1v) is 4.25. The Balaban J connectivity index is 2.67. The van der Waals surface area contributed by atoms with Gasteiger partial charge < -0.3 is 14.7 Å². The van der Waals surface area contributed by atoms with Crippen LogP contribution in [0.25, 0.3) is 0 Å². The number of nitrogens with zero attached hydrogens (tertiary/aromatic N) is 1. The van der Waals surface area contributed by atoms with E-state index in [1.807, 2.05) is 6.07 Å². The molecular weight excluding hydrogens is 198 g/mol. The van der Waals surface area contributed by atoms with Crippen LogP contribution in [0.3, 0.4) is 0 Å². The molecule has 0 amide bonds. The van der Waals surface area contributed by atoms with Crippen LogP contribution < -0.4 is 4.74 Å². The van der Waals surface area contributed by atoms with Crippen molar-refractivity contribution in [1.82, 2.24) is 0 Å². The Kier molecular flexibility index (Phi) is 4.15. The molecule has 80 valence electrons. The van der Waals surface area contributed by atoms with Gasteiger partial charge in [-0.3, -0.25) is 0 Å². The van der Waals surface area contributed by atoms with Gasteiger partial charge in [-0.15, -0.1) is 0 Å². The van der Waals surface area contributed by atoms with Crippen molar-refractivity contribution in [1.29, 1.82) is 0 Å². The zero-order chi connectivity index (χ0) is 11.1. The molecule has 0 heterocycles. The molecule has 5 heteroatoms. The lowest BCUT2D eigenvalue weighted by Crippen LogP contribution is -2.28. The SMILES string of the molecule is CON=CC(Oc1ccccc1)C(=O)O. The van der Waals surface area contributed by atoms with Gasteiger partial charge in [0.25, 0.3) is 0 Å². The fraction of sp³-hybridized carbons (Fsp3) is 0.200. The summed E-state index contributed by atoms with van der Waals surface area (Å²) < 4.78 is 5.15. The summed E-state index contributed by atoms with van der Waals surface area (Å²) in [5.41, 5.74) is 0. The number of oxime groups is 1. The van der Waals surface area contributed by atoms with Gasteiger partial charge in [-0.25, -0.2) is 4.79 Å². The highest BCUT2D eigenvalue weighted by atomic mass is 16.6. The van der Waals surface area contributed by atoms with Gasteiger partial charge in [-0.05, 0) is 12.1 Å². The molecule has 0 aliphatic heterocycles. The van der Waals surface area contributed by atoms with E-state index in [0.29, 0.717) is 5.75 Å². The van der Waals surface area contributed by atoms with Crippen molar-refractivity contribution < 1.29 is 19.5 Å². The third-order valence-corrected chi connectivity index (χ3v) is 1.55. The van der Waals surface area contributed by atoms with Crippen molar-refractivity contribution in [2.75, 3.05) is 7.11 Å². The van der Waals surface area contributed by atoms with Gasteiger partial charge in [0, 0.05) is 0 Å². The number of aliphatic carboxylic acids is 1. The number of carboxylic acid groups (broad SMARTS) is 1. The lowest BCUT2D eigenvalue weighted by molar-refractivity contribution is -0.141. The van der Waals surface area contributed by atoms with Crippen LogP contribution in [0.15, 0.2) is 35.5 Å². The summed E-state index contributed by atoms with van der Waals surface area (Å²) in [4.78, 5) is 15.1. The third-order valence-electron chi connectivity index (χ3n) is 1.55. The van der Waals surface area contributed by atoms with E-state index >= 15 is 0 Å². The minimum Gasteiger partial charge on any atom is -0.478 e. The van der Waals surface area contributed by atoms with Crippen LogP contribution >= 0.6 is 0 Å². The molecule has 1 aromatic carbocycles. The van der Waals surface area contributed by atoms with E-state index in [1.54, 1.807) is 24.3 Å². The standard InChI is InChI=1S/C10H11NO4/c1-14-11-7-9(10(12)13)15-8-5-3-2-4-6-8/h2-7,9H,1H3,(H,12,13). The summed E-state index contributed by atoms with van der Waals surface area (Å²) in [6.07, 6.45) is -0.0673. The molecule has 1 N–H and O–H groups in total. The third kappa shape index (κ3) is 3.68. The van der Waals surface area contributed by atoms with E-state index in [2.05, 4.69) is 9.99 Å². The number of hydrogen-bond acceptors (Lipinski definition) is 4. The van der Waals surface area contributed by atoms with Crippen LogP contribution in [-0.4, -0.2) is 30.5 Å². The molecule has 1 unspecified atom stereocenters. The molecule has 0 radical (unpaired) electrons. The first-order valence-electron chi connectivity index (χ1n) is 4.25. The fourth-order valence-electron chi connectivity index (χ4n) is 0.906. The van der Waals surface area contributed by atoms with Gasteiger partial charge in [-0.1, -0.05) is 23.4 Å². The van der Waals surface area contributed by atoms with E-state index in [1.165, 1.54) is 7.11 Å². The Morgan fingerprint density at radius 2 is 2.13 bits per heavy atom. The molecule has 1 rings (SSSR count). The predicted octanol–water partition coefficient (Wildman–Crippen LogP) is 1.15. The number of ether oxygens (including phenoxy) is 1. The molecule has 0 bridgehead atoms. The highest BCUT2D eigenvalue weighted by molar-refractivity contribution is 5.91. The number of hydrogen-bond donors (Lipinski definition) is 1. The quantitative estimate of drug-likeness (QED) is 0.583. The van der Waals surface area contributed by atoms with E-state index in [0.717, 1.165) is 6.21 Å². The number of para-hydroxylation sites is 1. The topological polar surface area (TPSA) is 68.1 Å². The lowest BCUT2D eigenvalue weighted by Gasteiger charge is -2.09. The van der Waals surface area contributed by atoms with Gasteiger partial charge in [0.15, 0.2) is 0 Å². The predicted molar refractivity (Wildman–Crippen MR) is 54.0 cm³/mol. The Bertz CT molecular complexity index is 337. The van der Waals surface area contributed by atoms with Gasteiger partial charge in [-0.2, -0.15) is 0 Å². The molecule has 0 saturated heterocycles. The van der Waals surface area contributed by atoms with Crippen LogP contribution in [-0.2, 0) is 9.63 Å². The van der Waals surface area contributed by atoms with Crippen LogP contribution in [0.5, 0.6) is 5.75 Å². The van der Waals surface area contributed by atoms with Gasteiger partial charge in [0.2, 0.25) is 6.10 Å². The minimum absolute atomic E-state index is 0.465. The van der Waals surface area contributed by atoms with Crippen molar-refractivity contribution in [2.45, 2.75) is 6.10 Å². The monoisotopic (exact) mass is 209 g/mol. The maximum atomic E-state index is 10.7. The molecule has 1 atom stereocenters. The fourth-order valence-corrected chi connectivity index (χ4v) is 0.906. The Hall–Kier alpha value is -2.04. The summed E-state index contributed by atoms with van der Waals surface area (Å²) in [5.74, 6) is -0.660. The summed E-state index contributed by atoms with van der Waals surface area (Å²) >= 11 is 0. The first kappa shape index (κ1) is 11.0. The maximum Gasteiger partial charge on any atom is 0.350 e. The normalized spacial score (nSPS) is 12.3.